The smallest absolute Gasteiger partial charge is 0.273 e. The summed E-state index contributed by atoms with van der Waals surface area (Å²) in [6.07, 6.45) is 0. The highest BCUT2D eigenvalue weighted by molar-refractivity contribution is 7.89. The minimum atomic E-state index is -3.74. The lowest BCUT2D eigenvalue weighted by molar-refractivity contribution is 0.102. The van der Waals surface area contributed by atoms with E-state index in [0.29, 0.717) is 11.4 Å². The maximum Gasteiger partial charge on any atom is 0.273 e. The second kappa shape index (κ2) is 7.83. The molecule has 8 nitrogen and oxygen atoms in total. The van der Waals surface area contributed by atoms with Gasteiger partial charge in [-0.1, -0.05) is 30.3 Å². The zero-order valence-electron chi connectivity index (χ0n) is 15.6. The minimum Gasteiger partial charge on any atom is -0.495 e. The largest absolute Gasteiger partial charge is 0.495 e. The summed E-state index contributed by atoms with van der Waals surface area (Å²) in [6, 6.07) is 15.5. The Hall–Kier alpha value is -3.17. The fourth-order valence-corrected chi connectivity index (χ4v) is 3.62. The molecule has 146 valence electrons. The summed E-state index contributed by atoms with van der Waals surface area (Å²) >= 11 is 0. The molecule has 3 rings (SSSR count). The Morgan fingerprint density at radius 2 is 1.82 bits per heavy atom. The van der Waals surface area contributed by atoms with E-state index in [2.05, 4.69) is 15.5 Å². The minimum absolute atomic E-state index is 0.0348. The highest BCUT2D eigenvalue weighted by Crippen LogP contribution is 2.29. The number of sulfonamides is 1. The van der Waals surface area contributed by atoms with E-state index in [9.17, 15) is 13.2 Å². The average molecular weight is 400 g/mol. The van der Waals surface area contributed by atoms with Gasteiger partial charge in [0.05, 0.1) is 12.8 Å². The van der Waals surface area contributed by atoms with Crippen LogP contribution in [0.3, 0.4) is 0 Å². The normalized spacial score (nSPS) is 11.4. The number of methoxy groups -OCH3 is 1. The van der Waals surface area contributed by atoms with Gasteiger partial charge in [-0.15, -0.1) is 0 Å². The summed E-state index contributed by atoms with van der Waals surface area (Å²) in [6.45, 7) is 0. The summed E-state index contributed by atoms with van der Waals surface area (Å²) in [5.74, 6) is -0.243. The number of aromatic nitrogens is 2. The summed E-state index contributed by atoms with van der Waals surface area (Å²) in [5, 5.41) is 9.52. The fourth-order valence-electron chi connectivity index (χ4n) is 2.55. The molecule has 0 spiro atoms. The summed E-state index contributed by atoms with van der Waals surface area (Å²) in [4.78, 5) is 12.5. The van der Waals surface area contributed by atoms with Gasteiger partial charge in [-0.25, -0.2) is 12.7 Å². The van der Waals surface area contributed by atoms with Crippen LogP contribution in [0, 0.1) is 0 Å². The van der Waals surface area contributed by atoms with Crippen molar-refractivity contribution >= 4 is 21.6 Å². The highest BCUT2D eigenvalue weighted by Gasteiger charge is 2.23. The van der Waals surface area contributed by atoms with E-state index in [0.717, 1.165) is 9.87 Å². The first-order valence-electron chi connectivity index (χ1n) is 8.35. The van der Waals surface area contributed by atoms with E-state index in [1.165, 1.54) is 33.3 Å². The van der Waals surface area contributed by atoms with Crippen molar-refractivity contribution in [2.75, 3.05) is 26.5 Å². The number of nitrogens with one attached hydrogen (secondary N) is 2. The van der Waals surface area contributed by atoms with Gasteiger partial charge in [0, 0.05) is 25.3 Å². The highest BCUT2D eigenvalue weighted by atomic mass is 32.2. The number of amides is 1. The van der Waals surface area contributed by atoms with Gasteiger partial charge in [0.1, 0.15) is 16.3 Å². The number of H-pyrrole nitrogens is 1. The van der Waals surface area contributed by atoms with E-state index >= 15 is 0 Å². The number of hydrogen-bond donors (Lipinski definition) is 2. The van der Waals surface area contributed by atoms with Crippen molar-refractivity contribution in [1.82, 2.24) is 14.5 Å². The molecular weight excluding hydrogens is 380 g/mol. The van der Waals surface area contributed by atoms with E-state index in [1.807, 2.05) is 30.3 Å². The van der Waals surface area contributed by atoms with Gasteiger partial charge < -0.3 is 10.1 Å². The molecule has 0 aliphatic carbocycles. The second-order valence-electron chi connectivity index (χ2n) is 6.14. The Labute approximate surface area is 163 Å². The van der Waals surface area contributed by atoms with Crippen LogP contribution in [0.15, 0.2) is 59.5 Å². The lowest BCUT2D eigenvalue weighted by Gasteiger charge is -2.15. The van der Waals surface area contributed by atoms with Gasteiger partial charge in [0.15, 0.2) is 0 Å². The van der Waals surface area contributed by atoms with Crippen molar-refractivity contribution in [2.45, 2.75) is 4.90 Å². The van der Waals surface area contributed by atoms with Gasteiger partial charge in [-0.3, -0.25) is 9.89 Å². The third-order valence-electron chi connectivity index (χ3n) is 4.07. The van der Waals surface area contributed by atoms with E-state index in [-0.39, 0.29) is 16.3 Å². The second-order valence-corrected chi connectivity index (χ2v) is 8.26. The van der Waals surface area contributed by atoms with Gasteiger partial charge in [0.2, 0.25) is 10.0 Å². The molecule has 0 bridgehead atoms. The SMILES string of the molecule is COc1ccc(NC(=O)c2cc(-c3ccccc3)n[nH]2)cc1S(=O)(=O)N(C)C. The fraction of sp³-hybridized carbons (Fsp3) is 0.158. The maximum atomic E-state index is 12.5. The summed E-state index contributed by atoms with van der Waals surface area (Å²) < 4.78 is 31.2. The molecule has 0 aliphatic rings. The molecule has 0 aliphatic heterocycles. The van der Waals surface area contributed by atoms with Crippen LogP contribution >= 0.6 is 0 Å². The zero-order valence-corrected chi connectivity index (χ0v) is 16.4. The number of aromatic amines is 1. The lowest BCUT2D eigenvalue weighted by atomic mass is 10.1. The van der Waals surface area contributed by atoms with Crippen LogP contribution in [-0.2, 0) is 10.0 Å². The first-order chi connectivity index (χ1) is 13.3. The molecule has 0 fully saturated rings. The van der Waals surface area contributed by atoms with Crippen LogP contribution in [-0.4, -0.2) is 50.0 Å². The number of benzene rings is 2. The van der Waals surface area contributed by atoms with Gasteiger partial charge in [-0.05, 0) is 24.3 Å². The third kappa shape index (κ3) is 3.90. The number of anilines is 1. The summed E-state index contributed by atoms with van der Waals surface area (Å²) in [7, 11) is 0.502. The molecule has 0 saturated carbocycles. The number of ether oxygens (including phenoxy) is 1. The lowest BCUT2D eigenvalue weighted by Crippen LogP contribution is -2.23. The van der Waals surface area contributed by atoms with E-state index < -0.39 is 15.9 Å². The molecule has 0 saturated heterocycles. The zero-order chi connectivity index (χ0) is 20.3. The van der Waals surface area contributed by atoms with E-state index in [4.69, 9.17) is 4.74 Å². The van der Waals surface area contributed by atoms with Gasteiger partial charge in [0.25, 0.3) is 5.91 Å². The standard InChI is InChI=1S/C19H20N4O4S/c1-23(2)28(25,26)18-11-14(9-10-17(18)27-3)20-19(24)16-12-15(21-22-16)13-7-5-4-6-8-13/h4-12H,1-3H3,(H,20,24)(H,21,22). The average Bonchev–Trinajstić information content (AvgIpc) is 3.19. The first kappa shape index (κ1) is 19.6. The van der Waals surface area contributed by atoms with Crippen molar-refractivity contribution in [3.63, 3.8) is 0 Å². The molecule has 1 aromatic heterocycles. The molecule has 9 heteroatoms. The Balaban J connectivity index is 1.86. The molecule has 0 unspecified atom stereocenters. The molecular formula is C19H20N4O4S. The predicted octanol–water partition coefficient (Wildman–Crippen LogP) is 2.59. The van der Waals surface area contributed by atoms with Crippen LogP contribution in [0.2, 0.25) is 0 Å². The maximum absolute atomic E-state index is 12.5. The quantitative estimate of drug-likeness (QED) is 0.662. The summed E-state index contributed by atoms with van der Waals surface area (Å²) in [5.41, 5.74) is 2.09. The van der Waals surface area contributed by atoms with Gasteiger partial charge in [-0.2, -0.15) is 5.10 Å². The van der Waals surface area contributed by atoms with Crippen LogP contribution in [0.25, 0.3) is 11.3 Å². The Morgan fingerprint density at radius 3 is 2.46 bits per heavy atom. The first-order valence-corrected chi connectivity index (χ1v) is 9.79. The predicted molar refractivity (Wildman–Crippen MR) is 106 cm³/mol. The van der Waals surface area contributed by atoms with Crippen molar-refractivity contribution in [1.29, 1.82) is 0 Å². The number of carbonyl (C=O) groups is 1. The number of rotatable bonds is 6. The third-order valence-corrected chi connectivity index (χ3v) is 5.91. The molecule has 1 heterocycles. The molecule has 0 radical (unpaired) electrons. The van der Waals surface area contributed by atoms with E-state index in [1.54, 1.807) is 12.1 Å². The number of nitrogens with zero attached hydrogens (tertiary/aromatic N) is 2. The van der Waals surface area contributed by atoms with Crippen molar-refractivity contribution in [3.8, 4) is 17.0 Å². The topological polar surface area (TPSA) is 104 Å². The Kier molecular flexibility index (Phi) is 5.48. The van der Waals surface area contributed by atoms with Crippen LogP contribution in [0.1, 0.15) is 10.5 Å². The van der Waals surface area contributed by atoms with Crippen LogP contribution in [0.4, 0.5) is 5.69 Å². The molecule has 2 aromatic carbocycles. The van der Waals surface area contributed by atoms with Crippen molar-refractivity contribution < 1.29 is 17.9 Å². The molecule has 1 amide bonds. The number of carbonyl (C=O) groups excluding carboxylic acids is 1. The molecule has 0 atom stereocenters. The van der Waals surface area contributed by atoms with Crippen molar-refractivity contribution in [2.24, 2.45) is 0 Å². The van der Waals surface area contributed by atoms with Crippen molar-refractivity contribution in [3.05, 3.63) is 60.3 Å². The molecule has 3 aromatic rings. The Morgan fingerprint density at radius 1 is 1.11 bits per heavy atom. The number of hydrogen-bond acceptors (Lipinski definition) is 5. The Bertz CT molecular complexity index is 1090. The van der Waals surface area contributed by atoms with Gasteiger partial charge >= 0.3 is 0 Å². The molecule has 28 heavy (non-hydrogen) atoms. The molecule has 2 N–H and O–H groups in total. The monoisotopic (exact) mass is 400 g/mol. The van der Waals surface area contributed by atoms with Crippen LogP contribution in [0.5, 0.6) is 5.75 Å². The van der Waals surface area contributed by atoms with Crippen LogP contribution < -0.4 is 10.1 Å².